The smallest absolute Gasteiger partial charge is 0.417 e. The zero-order chi connectivity index (χ0) is 22.2. The second-order valence-corrected chi connectivity index (χ2v) is 8.95. The minimum atomic E-state index is -0.870. The second kappa shape index (κ2) is 11.2. The normalized spacial score (nSPS) is 21.5. The molecule has 0 saturated carbocycles. The molecule has 0 amide bonds. The molecule has 0 bridgehead atoms. The van der Waals surface area contributed by atoms with Gasteiger partial charge in [0, 0.05) is 38.0 Å². The van der Waals surface area contributed by atoms with Crippen molar-refractivity contribution in [2.45, 2.75) is 25.9 Å². The van der Waals surface area contributed by atoms with E-state index < -0.39 is 11.9 Å². The number of hydrogen-bond acceptors (Lipinski definition) is 6. The standard InChI is InChI=1S/C26H32N2O4/c29-25(31-19-23-11-13-27(17-23)15-21-7-3-1-4-8-21)26(30)32-20-24-12-14-28(18-24)16-22-9-5-2-6-10-22/h1-10,23-24H,11-20H2. The van der Waals surface area contributed by atoms with Crippen LogP contribution in [0.1, 0.15) is 24.0 Å². The van der Waals surface area contributed by atoms with Crippen LogP contribution in [-0.2, 0) is 32.2 Å². The summed E-state index contributed by atoms with van der Waals surface area (Å²) in [5.74, 6) is -1.22. The number of carbonyl (C=O) groups is 2. The summed E-state index contributed by atoms with van der Waals surface area (Å²) in [6.07, 6.45) is 1.93. The number of likely N-dealkylation sites (tertiary alicyclic amines) is 2. The summed E-state index contributed by atoms with van der Waals surface area (Å²) in [5, 5.41) is 0. The van der Waals surface area contributed by atoms with E-state index in [9.17, 15) is 9.59 Å². The largest absolute Gasteiger partial charge is 0.457 e. The van der Waals surface area contributed by atoms with Crippen molar-refractivity contribution in [1.82, 2.24) is 9.80 Å². The Bertz CT molecular complexity index is 800. The lowest BCUT2D eigenvalue weighted by Crippen LogP contribution is -2.27. The van der Waals surface area contributed by atoms with Gasteiger partial charge in [-0.05, 0) is 37.1 Å². The fourth-order valence-electron chi connectivity index (χ4n) is 4.57. The van der Waals surface area contributed by atoms with Gasteiger partial charge < -0.3 is 9.47 Å². The summed E-state index contributed by atoms with van der Waals surface area (Å²) in [7, 11) is 0. The summed E-state index contributed by atoms with van der Waals surface area (Å²) in [4.78, 5) is 28.8. The average molecular weight is 437 g/mol. The molecule has 0 aromatic heterocycles. The van der Waals surface area contributed by atoms with E-state index in [1.807, 2.05) is 36.4 Å². The van der Waals surface area contributed by atoms with Crippen LogP contribution in [0.5, 0.6) is 0 Å². The first-order valence-corrected chi connectivity index (χ1v) is 11.5. The molecular formula is C26H32N2O4. The zero-order valence-corrected chi connectivity index (χ0v) is 18.5. The van der Waals surface area contributed by atoms with Gasteiger partial charge in [-0.25, -0.2) is 9.59 Å². The van der Waals surface area contributed by atoms with Crippen molar-refractivity contribution in [2.75, 3.05) is 39.4 Å². The van der Waals surface area contributed by atoms with Crippen LogP contribution in [0.3, 0.4) is 0 Å². The monoisotopic (exact) mass is 436 g/mol. The van der Waals surface area contributed by atoms with Crippen LogP contribution in [0, 0.1) is 11.8 Å². The molecule has 0 aliphatic carbocycles. The van der Waals surface area contributed by atoms with Gasteiger partial charge in [-0.3, -0.25) is 9.80 Å². The molecule has 0 spiro atoms. The summed E-state index contributed by atoms with van der Waals surface area (Å²) in [5.41, 5.74) is 2.56. The third-order valence-corrected chi connectivity index (χ3v) is 6.30. The number of rotatable bonds is 8. The Kier molecular flexibility index (Phi) is 7.91. The molecule has 2 aromatic carbocycles. The molecule has 2 aliphatic rings. The Morgan fingerprint density at radius 3 is 1.50 bits per heavy atom. The maximum atomic E-state index is 12.1. The lowest BCUT2D eigenvalue weighted by molar-refractivity contribution is -0.169. The molecule has 32 heavy (non-hydrogen) atoms. The minimum Gasteiger partial charge on any atom is -0.457 e. The van der Waals surface area contributed by atoms with Crippen LogP contribution in [0.25, 0.3) is 0 Å². The molecule has 2 unspecified atom stereocenters. The Balaban J connectivity index is 1.10. The van der Waals surface area contributed by atoms with Gasteiger partial charge >= 0.3 is 11.9 Å². The third-order valence-electron chi connectivity index (χ3n) is 6.30. The molecule has 2 heterocycles. The zero-order valence-electron chi connectivity index (χ0n) is 18.5. The van der Waals surface area contributed by atoms with Crippen LogP contribution >= 0.6 is 0 Å². The SMILES string of the molecule is O=C(OCC1CCN(Cc2ccccc2)C1)C(=O)OCC1CCN(Cc2ccccc2)C1. The highest BCUT2D eigenvalue weighted by Crippen LogP contribution is 2.20. The lowest BCUT2D eigenvalue weighted by atomic mass is 10.1. The highest BCUT2D eigenvalue weighted by atomic mass is 16.6. The van der Waals surface area contributed by atoms with Gasteiger partial charge in [0.2, 0.25) is 0 Å². The van der Waals surface area contributed by atoms with Crippen molar-refractivity contribution in [3.05, 3.63) is 71.8 Å². The van der Waals surface area contributed by atoms with Crippen LogP contribution < -0.4 is 0 Å². The third kappa shape index (κ3) is 6.65. The van der Waals surface area contributed by atoms with Crippen molar-refractivity contribution >= 4 is 11.9 Å². The quantitative estimate of drug-likeness (QED) is 0.468. The van der Waals surface area contributed by atoms with Crippen molar-refractivity contribution < 1.29 is 19.1 Å². The van der Waals surface area contributed by atoms with Gasteiger partial charge in [0.1, 0.15) is 0 Å². The Morgan fingerprint density at radius 2 is 1.09 bits per heavy atom. The predicted octanol–water partition coefficient (Wildman–Crippen LogP) is 3.12. The molecule has 6 nitrogen and oxygen atoms in total. The fraction of sp³-hybridized carbons (Fsp3) is 0.462. The summed E-state index contributed by atoms with van der Waals surface area (Å²) >= 11 is 0. The number of esters is 2. The summed E-state index contributed by atoms with van der Waals surface area (Å²) in [6, 6.07) is 20.7. The Hall–Kier alpha value is -2.70. The van der Waals surface area contributed by atoms with E-state index in [1.54, 1.807) is 0 Å². The Morgan fingerprint density at radius 1 is 0.688 bits per heavy atom. The van der Waals surface area contributed by atoms with E-state index in [4.69, 9.17) is 9.47 Å². The molecule has 2 saturated heterocycles. The molecule has 2 aromatic rings. The van der Waals surface area contributed by atoms with Crippen LogP contribution in [0.4, 0.5) is 0 Å². The fourth-order valence-corrected chi connectivity index (χ4v) is 4.57. The molecule has 0 radical (unpaired) electrons. The molecular weight excluding hydrogens is 404 g/mol. The number of carbonyl (C=O) groups excluding carboxylic acids is 2. The van der Waals surface area contributed by atoms with Gasteiger partial charge in [-0.15, -0.1) is 0 Å². The molecule has 2 atom stereocenters. The van der Waals surface area contributed by atoms with Gasteiger partial charge in [-0.1, -0.05) is 60.7 Å². The lowest BCUT2D eigenvalue weighted by Gasteiger charge is -2.16. The summed E-state index contributed by atoms with van der Waals surface area (Å²) in [6.45, 7) is 6.03. The molecule has 2 aliphatic heterocycles. The predicted molar refractivity (Wildman–Crippen MR) is 122 cm³/mol. The van der Waals surface area contributed by atoms with Gasteiger partial charge in [0.15, 0.2) is 0 Å². The number of hydrogen-bond donors (Lipinski definition) is 0. The average Bonchev–Trinajstić information content (AvgIpc) is 3.46. The van der Waals surface area contributed by atoms with Crippen molar-refractivity contribution in [2.24, 2.45) is 11.8 Å². The number of ether oxygens (including phenoxy) is 2. The van der Waals surface area contributed by atoms with E-state index in [1.165, 1.54) is 11.1 Å². The maximum absolute atomic E-state index is 12.1. The molecule has 6 heteroatoms. The van der Waals surface area contributed by atoms with Gasteiger partial charge in [0.05, 0.1) is 13.2 Å². The van der Waals surface area contributed by atoms with Crippen molar-refractivity contribution in [3.8, 4) is 0 Å². The second-order valence-electron chi connectivity index (χ2n) is 8.95. The van der Waals surface area contributed by atoms with E-state index in [0.717, 1.165) is 52.1 Å². The number of benzene rings is 2. The van der Waals surface area contributed by atoms with Crippen LogP contribution in [0.15, 0.2) is 60.7 Å². The highest BCUT2D eigenvalue weighted by Gasteiger charge is 2.28. The molecule has 2 fully saturated rings. The maximum Gasteiger partial charge on any atom is 0.417 e. The van der Waals surface area contributed by atoms with Crippen LogP contribution in [-0.4, -0.2) is 61.1 Å². The highest BCUT2D eigenvalue weighted by molar-refractivity contribution is 6.29. The van der Waals surface area contributed by atoms with Crippen molar-refractivity contribution in [1.29, 1.82) is 0 Å². The van der Waals surface area contributed by atoms with Crippen molar-refractivity contribution in [3.63, 3.8) is 0 Å². The molecule has 170 valence electrons. The van der Waals surface area contributed by atoms with Gasteiger partial charge in [-0.2, -0.15) is 0 Å². The van der Waals surface area contributed by atoms with E-state index in [-0.39, 0.29) is 25.0 Å². The number of nitrogens with zero attached hydrogens (tertiary/aromatic N) is 2. The van der Waals surface area contributed by atoms with E-state index in [0.29, 0.717) is 0 Å². The molecule has 4 rings (SSSR count). The first-order chi connectivity index (χ1) is 15.7. The first-order valence-electron chi connectivity index (χ1n) is 11.5. The minimum absolute atomic E-state index is 0.261. The topological polar surface area (TPSA) is 59.1 Å². The van der Waals surface area contributed by atoms with E-state index in [2.05, 4.69) is 34.1 Å². The Labute approximate surface area is 190 Å². The summed E-state index contributed by atoms with van der Waals surface area (Å²) < 4.78 is 10.5. The van der Waals surface area contributed by atoms with Gasteiger partial charge in [0.25, 0.3) is 0 Å². The van der Waals surface area contributed by atoms with Crippen LogP contribution in [0.2, 0.25) is 0 Å². The van der Waals surface area contributed by atoms with E-state index >= 15 is 0 Å². The molecule has 0 N–H and O–H groups in total. The first kappa shape index (κ1) is 22.5.